The third kappa shape index (κ3) is 3.24. The van der Waals surface area contributed by atoms with Gasteiger partial charge >= 0.3 is 11.6 Å². The molecule has 0 saturated heterocycles. The van der Waals surface area contributed by atoms with Gasteiger partial charge in [-0.3, -0.25) is 4.42 Å². The lowest BCUT2D eigenvalue weighted by Crippen LogP contribution is -2.11. The minimum Gasteiger partial charge on any atom is -0.422 e. The Morgan fingerprint density at radius 1 is 0.906 bits per heavy atom. The molecule has 5 nitrogen and oxygen atoms in total. The Morgan fingerprint density at radius 3 is 2.47 bits per heavy atom. The molecule has 0 atom stereocenters. The van der Waals surface area contributed by atoms with E-state index in [1.807, 2.05) is 91.8 Å². The first-order valence-electron chi connectivity index (χ1n) is 10.2. The van der Waals surface area contributed by atoms with E-state index in [2.05, 4.69) is 0 Å². The van der Waals surface area contributed by atoms with Gasteiger partial charge in [-0.1, -0.05) is 54.6 Å². The van der Waals surface area contributed by atoms with Crippen molar-refractivity contribution in [3.05, 3.63) is 118 Å². The van der Waals surface area contributed by atoms with Crippen LogP contribution in [0.4, 0.5) is 5.69 Å². The van der Waals surface area contributed by atoms with Gasteiger partial charge in [0.1, 0.15) is 5.76 Å². The monoisotopic (exact) mass is 422 g/mol. The summed E-state index contributed by atoms with van der Waals surface area (Å²) >= 11 is 0. The second-order valence-corrected chi connectivity index (χ2v) is 7.72. The molecule has 32 heavy (non-hydrogen) atoms. The molecule has 5 rings (SSSR count). The number of carbonyl (C=O) groups excluding carboxylic acids is 2. The Morgan fingerprint density at radius 2 is 1.69 bits per heavy atom. The molecule has 2 heterocycles. The minimum absolute atomic E-state index is 0.347. The van der Waals surface area contributed by atoms with E-state index in [1.54, 1.807) is 12.1 Å². The lowest BCUT2D eigenvalue weighted by atomic mass is 9.87. The summed E-state index contributed by atoms with van der Waals surface area (Å²) in [6.07, 6.45) is 9.10. The Bertz CT molecular complexity index is 1410. The highest BCUT2D eigenvalue weighted by Gasteiger charge is 2.42. The quantitative estimate of drug-likeness (QED) is 0.466. The molecule has 0 radical (unpaired) electrons. The van der Waals surface area contributed by atoms with E-state index in [0.717, 1.165) is 11.3 Å². The van der Waals surface area contributed by atoms with Crippen molar-refractivity contribution in [3.63, 3.8) is 0 Å². The Labute approximate surface area is 185 Å². The molecule has 0 saturated carbocycles. The standard InChI is InChI=1S/C27H20NO4/c1-28(2)18-15-13-17(14-16-18)23(24-19-9-5-3-7-11-21(19)31-26(24)29)25-20-10-6-4-8-12-22(20)32-27(25)30/h3-16H,1-2H3/q+1. The molecule has 1 aromatic rings. The van der Waals surface area contributed by atoms with Gasteiger partial charge in [-0.2, -0.15) is 0 Å². The number of nitrogens with zero attached hydrogens (tertiary/aromatic N) is 1. The molecule has 5 heteroatoms. The zero-order valence-corrected chi connectivity index (χ0v) is 17.7. The van der Waals surface area contributed by atoms with E-state index in [0.29, 0.717) is 39.4 Å². The van der Waals surface area contributed by atoms with Gasteiger partial charge in [0.25, 0.3) is 5.78 Å². The van der Waals surface area contributed by atoms with E-state index >= 15 is 0 Å². The summed E-state index contributed by atoms with van der Waals surface area (Å²) in [6, 6.07) is 16.8. The van der Waals surface area contributed by atoms with Crippen LogP contribution >= 0.6 is 0 Å². The van der Waals surface area contributed by atoms with E-state index in [1.165, 1.54) is 0 Å². The van der Waals surface area contributed by atoms with E-state index in [4.69, 9.17) is 8.84 Å². The van der Waals surface area contributed by atoms with Crippen LogP contribution in [0.2, 0.25) is 0 Å². The number of hydrogen-bond donors (Lipinski definition) is 0. The van der Waals surface area contributed by atoms with Crippen molar-refractivity contribution in [3.8, 4) is 11.3 Å². The van der Waals surface area contributed by atoms with Crippen LogP contribution in [0.5, 0.6) is 0 Å². The topological polar surface area (TPSA) is 61.8 Å². The maximum Gasteiger partial charge on any atom is 0.615 e. The van der Waals surface area contributed by atoms with Crippen molar-refractivity contribution < 1.29 is 13.6 Å². The number of ketones is 1. The van der Waals surface area contributed by atoms with E-state index < -0.39 is 11.6 Å². The van der Waals surface area contributed by atoms with Gasteiger partial charge in [0.2, 0.25) is 0 Å². The average Bonchev–Trinajstić information content (AvgIpc) is 3.03. The number of allylic oxidation sites excluding steroid dienone is 5. The van der Waals surface area contributed by atoms with Crippen molar-refractivity contribution in [2.75, 3.05) is 19.0 Å². The van der Waals surface area contributed by atoms with E-state index in [9.17, 15) is 9.59 Å². The highest BCUT2D eigenvalue weighted by Crippen LogP contribution is 2.38. The predicted octanol–water partition coefficient (Wildman–Crippen LogP) is 4.31. The molecule has 0 aromatic heterocycles. The van der Waals surface area contributed by atoms with Crippen molar-refractivity contribution >= 4 is 23.0 Å². The number of furan rings is 1. The number of fused-ring (bicyclic) bond motifs is 2. The largest absolute Gasteiger partial charge is 0.615 e. The molecule has 2 aliphatic heterocycles. The first kappa shape index (κ1) is 19.7. The third-order valence-electron chi connectivity index (χ3n) is 5.52. The molecule has 1 aromatic carbocycles. The van der Waals surface area contributed by atoms with Crippen LogP contribution in [0.25, 0.3) is 16.9 Å². The lowest BCUT2D eigenvalue weighted by molar-refractivity contribution is -0.366. The smallest absolute Gasteiger partial charge is 0.422 e. The second-order valence-electron chi connectivity index (χ2n) is 7.72. The first-order chi connectivity index (χ1) is 15.5. The molecule has 156 valence electrons. The van der Waals surface area contributed by atoms with Gasteiger partial charge in [-0.05, 0) is 29.8 Å². The van der Waals surface area contributed by atoms with Crippen LogP contribution in [0.1, 0.15) is 11.1 Å². The van der Waals surface area contributed by atoms with Gasteiger partial charge < -0.3 is 9.32 Å². The van der Waals surface area contributed by atoms with Crippen molar-refractivity contribution in [2.24, 2.45) is 0 Å². The Hall–Kier alpha value is -4.25. The molecule has 2 aliphatic carbocycles. The fraction of sp³-hybridized carbons (Fsp3) is 0.0741. The van der Waals surface area contributed by atoms with Gasteiger partial charge in [-0.15, -0.1) is 0 Å². The van der Waals surface area contributed by atoms with Crippen LogP contribution in [0, 0.1) is 0 Å². The zero-order chi connectivity index (χ0) is 22.2. The second kappa shape index (κ2) is 7.78. The molecular formula is C27H20NO4+. The summed E-state index contributed by atoms with van der Waals surface area (Å²) in [5.74, 6) is 0.429. The number of rotatable bonds is 3. The lowest BCUT2D eigenvalue weighted by Gasteiger charge is -2.14. The molecule has 0 amide bonds. The number of carbonyl (C=O) groups is 1. The predicted molar refractivity (Wildman–Crippen MR) is 125 cm³/mol. The average molecular weight is 422 g/mol. The summed E-state index contributed by atoms with van der Waals surface area (Å²) in [5, 5.41) is 0. The molecule has 0 N–H and O–H groups in total. The highest BCUT2D eigenvalue weighted by molar-refractivity contribution is 6.24. The van der Waals surface area contributed by atoms with Crippen LogP contribution in [0.15, 0.2) is 105 Å². The van der Waals surface area contributed by atoms with Gasteiger partial charge in [0, 0.05) is 37.0 Å². The molecular weight excluding hydrogens is 402 g/mol. The molecule has 4 aliphatic rings. The Balaban J connectivity index is 1.85. The number of benzene rings is 1. The number of hydrogen-bond acceptors (Lipinski definition) is 4. The molecule has 0 fully saturated rings. The van der Waals surface area contributed by atoms with Crippen LogP contribution in [0.3, 0.4) is 0 Å². The summed E-state index contributed by atoms with van der Waals surface area (Å²) in [4.78, 5) is 28.2. The molecule has 0 unspecified atom stereocenters. The van der Waals surface area contributed by atoms with Crippen molar-refractivity contribution in [1.82, 2.24) is 0 Å². The SMILES string of the molecule is CN(C)c1ccc(/C(=C2/C(=O)[O+]=C3C=CC=CC=C32)c2c3cccccc-3oc2=O)cc1. The highest BCUT2D eigenvalue weighted by atomic mass is 16.5. The summed E-state index contributed by atoms with van der Waals surface area (Å²) < 4.78 is 11.1. The Kier molecular flexibility index (Phi) is 4.79. The summed E-state index contributed by atoms with van der Waals surface area (Å²) in [6.45, 7) is 0. The molecule has 0 spiro atoms. The van der Waals surface area contributed by atoms with Crippen LogP contribution in [-0.4, -0.2) is 25.8 Å². The zero-order valence-electron chi connectivity index (χ0n) is 17.7. The molecule has 0 bridgehead atoms. The van der Waals surface area contributed by atoms with Gasteiger partial charge in [-0.25, -0.2) is 4.79 Å². The first-order valence-corrected chi connectivity index (χ1v) is 10.2. The van der Waals surface area contributed by atoms with Crippen LogP contribution < -0.4 is 10.5 Å². The minimum atomic E-state index is -0.494. The van der Waals surface area contributed by atoms with Gasteiger partial charge in [0.05, 0.1) is 15.9 Å². The van der Waals surface area contributed by atoms with E-state index in [-0.39, 0.29) is 0 Å². The van der Waals surface area contributed by atoms with Crippen molar-refractivity contribution in [2.45, 2.75) is 0 Å². The van der Waals surface area contributed by atoms with Gasteiger partial charge in [0.15, 0.2) is 5.57 Å². The summed E-state index contributed by atoms with van der Waals surface area (Å²) in [5.41, 5.74) is 3.71. The fourth-order valence-electron chi connectivity index (χ4n) is 3.99. The maximum atomic E-state index is 13.1. The third-order valence-corrected chi connectivity index (χ3v) is 5.52. The fourth-order valence-corrected chi connectivity index (χ4v) is 3.99. The summed E-state index contributed by atoms with van der Waals surface area (Å²) in [7, 11) is 3.91. The normalized spacial score (nSPS) is 16.5. The van der Waals surface area contributed by atoms with Crippen LogP contribution in [-0.2, 0) is 9.22 Å². The van der Waals surface area contributed by atoms with Crippen molar-refractivity contribution in [1.29, 1.82) is 0 Å². The maximum absolute atomic E-state index is 13.1. The number of anilines is 1.